The van der Waals surface area contributed by atoms with E-state index < -0.39 is 11.8 Å². The van der Waals surface area contributed by atoms with Gasteiger partial charge in [0.25, 0.3) is 0 Å². The number of carbonyl (C=O) groups excluding carboxylic acids is 2. The molecule has 0 aliphatic rings. The van der Waals surface area contributed by atoms with Gasteiger partial charge in [-0.2, -0.15) is 5.10 Å². The second-order valence-electron chi connectivity index (χ2n) is 6.96. The fourth-order valence-corrected chi connectivity index (χ4v) is 2.89. The molecule has 0 unspecified atom stereocenters. The van der Waals surface area contributed by atoms with E-state index in [0.29, 0.717) is 35.4 Å². The number of hydrazone groups is 1. The number of anilines is 1. The van der Waals surface area contributed by atoms with Crippen LogP contribution in [0, 0.1) is 0 Å². The highest BCUT2D eigenvalue weighted by molar-refractivity contribution is 6.30. The van der Waals surface area contributed by atoms with E-state index in [1.165, 1.54) is 6.21 Å². The standard InChI is InChI=1S/C25H24ClN3O4/c1-2-32-22-13-9-21(10-14-22)28-24(30)15-25(31)29-27-16-18-5-11-23(12-6-18)33-17-19-3-7-20(26)8-4-19/h3-14,16H,2,15,17H2,1H3,(H,28,30)(H,29,31). The van der Waals surface area contributed by atoms with Crippen LogP contribution < -0.4 is 20.2 Å². The number of amides is 2. The zero-order valence-corrected chi connectivity index (χ0v) is 18.8. The lowest BCUT2D eigenvalue weighted by molar-refractivity contribution is -0.126. The number of hydrogen-bond acceptors (Lipinski definition) is 5. The van der Waals surface area contributed by atoms with E-state index in [1.807, 2.05) is 55.5 Å². The first kappa shape index (κ1) is 23.8. The lowest BCUT2D eigenvalue weighted by Crippen LogP contribution is -2.24. The molecule has 7 nitrogen and oxygen atoms in total. The van der Waals surface area contributed by atoms with Crippen LogP contribution in [0.2, 0.25) is 5.02 Å². The molecule has 2 amide bonds. The Morgan fingerprint density at radius 2 is 1.52 bits per heavy atom. The summed E-state index contributed by atoms with van der Waals surface area (Å²) in [5.41, 5.74) is 4.71. The van der Waals surface area contributed by atoms with Crippen LogP contribution in [0.25, 0.3) is 0 Å². The summed E-state index contributed by atoms with van der Waals surface area (Å²) in [6.45, 7) is 2.89. The van der Waals surface area contributed by atoms with Crippen LogP contribution in [0.1, 0.15) is 24.5 Å². The van der Waals surface area contributed by atoms with Crippen LogP contribution in [0.4, 0.5) is 5.69 Å². The summed E-state index contributed by atoms with van der Waals surface area (Å²) in [5, 5.41) is 7.23. The smallest absolute Gasteiger partial charge is 0.249 e. The van der Waals surface area contributed by atoms with E-state index in [2.05, 4.69) is 15.8 Å². The van der Waals surface area contributed by atoms with Crippen molar-refractivity contribution in [2.45, 2.75) is 20.0 Å². The Labute approximate surface area is 197 Å². The number of carbonyl (C=O) groups is 2. The fourth-order valence-electron chi connectivity index (χ4n) is 2.77. The molecular weight excluding hydrogens is 442 g/mol. The zero-order valence-electron chi connectivity index (χ0n) is 18.1. The second-order valence-corrected chi connectivity index (χ2v) is 7.40. The van der Waals surface area contributed by atoms with Crippen LogP contribution in [0.5, 0.6) is 11.5 Å². The largest absolute Gasteiger partial charge is 0.494 e. The molecule has 3 aromatic rings. The maximum atomic E-state index is 12.0. The lowest BCUT2D eigenvalue weighted by atomic mass is 10.2. The summed E-state index contributed by atoms with van der Waals surface area (Å²) < 4.78 is 11.1. The number of nitrogens with zero attached hydrogens (tertiary/aromatic N) is 1. The summed E-state index contributed by atoms with van der Waals surface area (Å²) >= 11 is 5.88. The molecule has 3 rings (SSSR count). The van der Waals surface area contributed by atoms with Gasteiger partial charge in [-0.1, -0.05) is 23.7 Å². The van der Waals surface area contributed by atoms with E-state index >= 15 is 0 Å². The van der Waals surface area contributed by atoms with Gasteiger partial charge in [-0.3, -0.25) is 9.59 Å². The van der Waals surface area contributed by atoms with Crippen molar-refractivity contribution in [3.8, 4) is 11.5 Å². The molecule has 3 aromatic carbocycles. The van der Waals surface area contributed by atoms with Gasteiger partial charge in [0, 0.05) is 10.7 Å². The molecule has 0 fully saturated rings. The summed E-state index contributed by atoms with van der Waals surface area (Å²) in [4.78, 5) is 23.9. The van der Waals surface area contributed by atoms with Crippen LogP contribution >= 0.6 is 11.6 Å². The molecule has 0 aromatic heterocycles. The highest BCUT2D eigenvalue weighted by Gasteiger charge is 2.09. The number of ether oxygens (including phenoxy) is 2. The van der Waals surface area contributed by atoms with E-state index in [4.69, 9.17) is 21.1 Å². The normalized spacial score (nSPS) is 10.6. The van der Waals surface area contributed by atoms with Gasteiger partial charge in [0.2, 0.25) is 11.8 Å². The number of nitrogens with one attached hydrogen (secondary N) is 2. The average molecular weight is 466 g/mol. The highest BCUT2D eigenvalue weighted by Crippen LogP contribution is 2.16. The monoisotopic (exact) mass is 465 g/mol. The van der Waals surface area contributed by atoms with Crippen molar-refractivity contribution in [2.24, 2.45) is 5.10 Å². The van der Waals surface area contributed by atoms with Gasteiger partial charge in [0.05, 0.1) is 12.8 Å². The van der Waals surface area contributed by atoms with Crippen LogP contribution in [0.3, 0.4) is 0 Å². The first-order valence-corrected chi connectivity index (χ1v) is 10.7. The average Bonchev–Trinajstić information content (AvgIpc) is 2.81. The Balaban J connectivity index is 1.40. The number of benzene rings is 3. The zero-order chi connectivity index (χ0) is 23.5. The predicted molar refractivity (Wildman–Crippen MR) is 129 cm³/mol. The summed E-state index contributed by atoms with van der Waals surface area (Å²) in [5.74, 6) is 0.465. The molecule has 0 saturated carbocycles. The van der Waals surface area contributed by atoms with Crippen LogP contribution in [-0.2, 0) is 16.2 Å². The van der Waals surface area contributed by atoms with Gasteiger partial charge in [-0.15, -0.1) is 0 Å². The third-order valence-electron chi connectivity index (χ3n) is 4.37. The van der Waals surface area contributed by atoms with Gasteiger partial charge in [0.1, 0.15) is 24.5 Å². The molecule has 8 heteroatoms. The molecule has 0 aliphatic carbocycles. The fraction of sp³-hybridized carbons (Fsp3) is 0.160. The summed E-state index contributed by atoms with van der Waals surface area (Å²) in [6, 6.07) is 21.6. The van der Waals surface area contributed by atoms with E-state index in [-0.39, 0.29) is 6.42 Å². The maximum Gasteiger partial charge on any atom is 0.249 e. The molecule has 0 spiro atoms. The van der Waals surface area contributed by atoms with E-state index in [0.717, 1.165) is 11.1 Å². The lowest BCUT2D eigenvalue weighted by Gasteiger charge is -2.07. The topological polar surface area (TPSA) is 89.0 Å². The minimum absolute atomic E-state index is 0.345. The molecule has 0 saturated heterocycles. The maximum absolute atomic E-state index is 12.0. The molecule has 0 atom stereocenters. The Kier molecular flexibility index (Phi) is 8.85. The van der Waals surface area contributed by atoms with Crippen LogP contribution in [0.15, 0.2) is 77.9 Å². The van der Waals surface area contributed by atoms with E-state index in [9.17, 15) is 9.59 Å². The first-order chi connectivity index (χ1) is 16.0. The Morgan fingerprint density at radius 3 is 2.18 bits per heavy atom. The van der Waals surface area contributed by atoms with Crippen molar-refractivity contribution in [1.29, 1.82) is 0 Å². The van der Waals surface area contributed by atoms with Gasteiger partial charge >= 0.3 is 0 Å². The molecule has 0 radical (unpaired) electrons. The van der Waals surface area contributed by atoms with Crippen molar-refractivity contribution in [2.75, 3.05) is 11.9 Å². The molecule has 170 valence electrons. The van der Waals surface area contributed by atoms with Crippen LogP contribution in [-0.4, -0.2) is 24.6 Å². The molecule has 33 heavy (non-hydrogen) atoms. The van der Waals surface area contributed by atoms with E-state index in [1.54, 1.807) is 24.3 Å². The third kappa shape index (κ3) is 8.31. The van der Waals surface area contributed by atoms with Gasteiger partial charge < -0.3 is 14.8 Å². The summed E-state index contributed by atoms with van der Waals surface area (Å²) in [6.07, 6.45) is 1.15. The molecule has 0 heterocycles. The number of rotatable bonds is 10. The first-order valence-electron chi connectivity index (χ1n) is 10.3. The molecule has 0 bridgehead atoms. The minimum Gasteiger partial charge on any atom is -0.494 e. The van der Waals surface area contributed by atoms with Crippen molar-refractivity contribution >= 4 is 35.3 Å². The number of halogens is 1. The third-order valence-corrected chi connectivity index (χ3v) is 4.62. The quantitative estimate of drug-likeness (QED) is 0.256. The Bertz CT molecular complexity index is 1080. The van der Waals surface area contributed by atoms with Crippen molar-refractivity contribution in [1.82, 2.24) is 5.43 Å². The number of hydrogen-bond donors (Lipinski definition) is 2. The second kappa shape index (κ2) is 12.3. The minimum atomic E-state index is -0.516. The Morgan fingerprint density at radius 1 is 0.879 bits per heavy atom. The summed E-state index contributed by atoms with van der Waals surface area (Å²) in [7, 11) is 0. The predicted octanol–water partition coefficient (Wildman–Crippen LogP) is 4.80. The SMILES string of the molecule is CCOc1ccc(NC(=O)CC(=O)NN=Cc2ccc(OCc3ccc(Cl)cc3)cc2)cc1. The van der Waals surface area contributed by atoms with Gasteiger partial charge in [0.15, 0.2) is 0 Å². The molecular formula is C25H24ClN3O4. The molecule has 0 aliphatic heterocycles. The van der Waals surface area contributed by atoms with Crippen molar-refractivity contribution in [3.05, 3.63) is 88.9 Å². The van der Waals surface area contributed by atoms with Crippen molar-refractivity contribution in [3.63, 3.8) is 0 Å². The highest BCUT2D eigenvalue weighted by atomic mass is 35.5. The van der Waals surface area contributed by atoms with Gasteiger partial charge in [-0.25, -0.2) is 5.43 Å². The Hall–Kier alpha value is -3.84. The van der Waals surface area contributed by atoms with Gasteiger partial charge in [-0.05, 0) is 78.7 Å². The van der Waals surface area contributed by atoms with Crippen molar-refractivity contribution < 1.29 is 19.1 Å². The molecule has 2 N–H and O–H groups in total.